The molecule has 1 aromatic carbocycles. The molecule has 1 aromatic heterocycles. The van der Waals surface area contributed by atoms with E-state index in [0.717, 1.165) is 5.56 Å². The van der Waals surface area contributed by atoms with Crippen molar-refractivity contribution in [3.63, 3.8) is 0 Å². The Morgan fingerprint density at radius 1 is 1.19 bits per heavy atom. The lowest BCUT2D eigenvalue weighted by Gasteiger charge is -2.18. The molecule has 0 fully saturated rings. The highest BCUT2D eigenvalue weighted by atomic mass is 31.2. The van der Waals surface area contributed by atoms with Crippen molar-refractivity contribution in [2.24, 2.45) is 0 Å². The van der Waals surface area contributed by atoms with Crippen LogP contribution in [0.5, 0.6) is 0 Å². The summed E-state index contributed by atoms with van der Waals surface area (Å²) in [7, 11) is -3.48. The van der Waals surface area contributed by atoms with Crippen LogP contribution in [0.3, 0.4) is 0 Å². The van der Waals surface area contributed by atoms with E-state index in [-0.39, 0.29) is 24.3 Å². The largest absolute Gasteiger partial charge is 0.430 e. The normalized spacial score (nSPS) is 13.0. The molecule has 5 nitrogen and oxygen atoms in total. The molecule has 0 saturated carbocycles. The fraction of sp³-hybridized carbons (Fsp3) is 0.533. The Labute approximate surface area is 125 Å². The molecule has 1 heterocycles. The first kappa shape index (κ1) is 16.2. The minimum atomic E-state index is -3.48. The number of aromatic nitrogens is 1. The van der Waals surface area contributed by atoms with Crippen LogP contribution in [-0.4, -0.2) is 18.2 Å². The molecule has 6 heteroatoms. The lowest BCUT2D eigenvalue weighted by atomic mass is 9.87. The van der Waals surface area contributed by atoms with E-state index < -0.39 is 7.60 Å². The summed E-state index contributed by atoms with van der Waals surface area (Å²) in [4.78, 5) is 4.32. The minimum Gasteiger partial charge on any atom is -0.430 e. The van der Waals surface area contributed by atoms with Gasteiger partial charge in [-0.05, 0) is 37.0 Å². The van der Waals surface area contributed by atoms with Gasteiger partial charge in [0.05, 0.1) is 13.2 Å². The van der Waals surface area contributed by atoms with Crippen molar-refractivity contribution < 1.29 is 18.0 Å². The maximum absolute atomic E-state index is 12.7. The Kier molecular flexibility index (Phi) is 4.57. The third-order valence-corrected chi connectivity index (χ3v) is 4.93. The molecule has 0 unspecified atom stereocenters. The van der Waals surface area contributed by atoms with Crippen LogP contribution in [0.1, 0.15) is 40.2 Å². The van der Waals surface area contributed by atoms with Crippen LogP contribution in [0.2, 0.25) is 0 Å². The van der Waals surface area contributed by atoms with Crippen LogP contribution in [0.25, 0.3) is 11.1 Å². The van der Waals surface area contributed by atoms with Gasteiger partial charge >= 0.3 is 13.2 Å². The van der Waals surface area contributed by atoms with Gasteiger partial charge in [-0.15, -0.1) is 0 Å². The maximum atomic E-state index is 12.7. The van der Waals surface area contributed by atoms with Crippen molar-refractivity contribution in [3.8, 4) is 0 Å². The zero-order chi connectivity index (χ0) is 15.7. The summed E-state index contributed by atoms with van der Waals surface area (Å²) in [6.45, 7) is 10.4. The molecule has 0 N–H and O–H groups in total. The van der Waals surface area contributed by atoms with Crippen LogP contribution in [0.4, 0.5) is 0 Å². The molecule has 0 aliphatic heterocycles. The molecule has 116 valence electrons. The highest BCUT2D eigenvalue weighted by Gasteiger charge is 2.33. The van der Waals surface area contributed by atoms with Crippen LogP contribution in [-0.2, 0) is 19.0 Å². The number of benzene rings is 1. The van der Waals surface area contributed by atoms with Crippen molar-refractivity contribution in [2.45, 2.75) is 40.0 Å². The number of rotatable bonds is 5. The lowest BCUT2D eigenvalue weighted by Crippen LogP contribution is -2.11. The Bertz CT molecular complexity index is 662. The fourth-order valence-electron chi connectivity index (χ4n) is 1.99. The first-order valence-corrected chi connectivity index (χ1v) is 8.65. The van der Waals surface area contributed by atoms with Crippen molar-refractivity contribution >= 4 is 24.3 Å². The van der Waals surface area contributed by atoms with Gasteiger partial charge in [-0.25, -0.2) is 9.55 Å². The Hall–Kier alpha value is -1.16. The summed E-state index contributed by atoms with van der Waals surface area (Å²) in [6, 6.07) is 5.78. The molecule has 0 atom stereocenters. The number of oxazole rings is 1. The number of hydrogen-bond donors (Lipinski definition) is 0. The van der Waals surface area contributed by atoms with Crippen molar-refractivity contribution in [1.82, 2.24) is 4.98 Å². The fourth-order valence-corrected chi connectivity index (χ4v) is 3.40. The van der Waals surface area contributed by atoms with E-state index in [0.29, 0.717) is 11.1 Å². The van der Waals surface area contributed by atoms with Crippen LogP contribution < -0.4 is 5.63 Å². The summed E-state index contributed by atoms with van der Waals surface area (Å²) >= 11 is 0. The topological polar surface area (TPSA) is 61.6 Å². The summed E-state index contributed by atoms with van der Waals surface area (Å²) in [5.74, 6) is 0. The van der Waals surface area contributed by atoms with E-state index in [9.17, 15) is 4.57 Å². The number of fused-ring (bicyclic) bond motifs is 1. The van der Waals surface area contributed by atoms with Gasteiger partial charge in [-0.1, -0.05) is 26.8 Å². The van der Waals surface area contributed by atoms with Gasteiger partial charge in [-0.2, -0.15) is 0 Å². The Morgan fingerprint density at radius 3 is 2.33 bits per heavy atom. The highest BCUT2D eigenvalue weighted by molar-refractivity contribution is 7.61. The van der Waals surface area contributed by atoms with Crippen molar-refractivity contribution in [1.29, 1.82) is 0 Å². The summed E-state index contributed by atoms with van der Waals surface area (Å²) < 4.78 is 28.8. The molecule has 0 radical (unpaired) electrons. The van der Waals surface area contributed by atoms with Crippen molar-refractivity contribution in [3.05, 3.63) is 23.8 Å². The molecule has 2 rings (SSSR count). The van der Waals surface area contributed by atoms with E-state index in [1.165, 1.54) is 0 Å². The highest BCUT2D eigenvalue weighted by Crippen LogP contribution is 2.47. The average molecular weight is 311 g/mol. The Balaban J connectivity index is 2.49. The van der Waals surface area contributed by atoms with E-state index in [1.807, 2.05) is 18.2 Å². The zero-order valence-corrected chi connectivity index (χ0v) is 14.1. The molecule has 0 amide bonds. The van der Waals surface area contributed by atoms with Crippen LogP contribution >= 0.6 is 7.60 Å². The van der Waals surface area contributed by atoms with Gasteiger partial charge in [0.15, 0.2) is 5.58 Å². The van der Waals surface area contributed by atoms with Gasteiger partial charge in [0.1, 0.15) is 5.52 Å². The molecule has 2 aromatic rings. The predicted octanol–water partition coefficient (Wildman–Crippen LogP) is 4.02. The number of hydrogen-bond acceptors (Lipinski definition) is 5. The van der Waals surface area contributed by atoms with Gasteiger partial charge < -0.3 is 13.5 Å². The average Bonchev–Trinajstić information content (AvgIpc) is 2.81. The lowest BCUT2D eigenvalue weighted by molar-refractivity contribution is 0.225. The Morgan fingerprint density at radius 2 is 1.81 bits per heavy atom. The standard InChI is InChI=1S/C15H22NO4P/c1-6-18-21(17,19-7-2)14-16-12-10-11(15(3,4)5)8-9-13(12)20-14/h8-10H,6-7H2,1-5H3. The first-order chi connectivity index (χ1) is 9.80. The van der Waals surface area contributed by atoms with E-state index in [2.05, 4.69) is 25.8 Å². The quantitative estimate of drug-likeness (QED) is 0.781. The second-order valence-corrected chi connectivity index (χ2v) is 7.66. The SMILES string of the molecule is CCOP(=O)(OCC)c1nc2cc(C(C)(C)C)ccc2o1. The third kappa shape index (κ3) is 3.37. The first-order valence-electron chi connectivity index (χ1n) is 7.11. The minimum absolute atomic E-state index is 0.0108. The van der Waals surface area contributed by atoms with E-state index in [4.69, 9.17) is 13.5 Å². The molecule has 0 spiro atoms. The summed E-state index contributed by atoms with van der Waals surface area (Å²) in [6.07, 6.45) is 0. The smallest absolute Gasteiger partial charge is 0.416 e. The summed E-state index contributed by atoms with van der Waals surface area (Å²) in [5, 5.41) is 0. The molecule has 0 saturated heterocycles. The van der Waals surface area contributed by atoms with Gasteiger partial charge in [0.25, 0.3) is 0 Å². The molecule has 0 bridgehead atoms. The second-order valence-electron chi connectivity index (χ2n) is 5.76. The molecular weight excluding hydrogens is 289 g/mol. The molecule has 0 aliphatic rings. The van der Waals surface area contributed by atoms with Crippen LogP contribution in [0, 0.1) is 0 Å². The molecule has 0 aliphatic carbocycles. The monoisotopic (exact) mass is 311 g/mol. The number of nitrogens with zero attached hydrogens (tertiary/aromatic N) is 1. The van der Waals surface area contributed by atoms with Gasteiger partial charge in [0.2, 0.25) is 0 Å². The van der Waals surface area contributed by atoms with E-state index in [1.54, 1.807) is 13.8 Å². The summed E-state index contributed by atoms with van der Waals surface area (Å²) in [5.41, 5.74) is 2.41. The van der Waals surface area contributed by atoms with Gasteiger partial charge in [-0.3, -0.25) is 0 Å². The van der Waals surface area contributed by atoms with E-state index >= 15 is 0 Å². The van der Waals surface area contributed by atoms with Gasteiger partial charge in [0, 0.05) is 0 Å². The third-order valence-electron chi connectivity index (χ3n) is 3.07. The van der Waals surface area contributed by atoms with Crippen LogP contribution in [0.15, 0.2) is 22.6 Å². The second kappa shape index (κ2) is 5.91. The maximum Gasteiger partial charge on any atom is 0.416 e. The predicted molar refractivity (Wildman–Crippen MR) is 83.2 cm³/mol. The van der Waals surface area contributed by atoms with Crippen molar-refractivity contribution in [2.75, 3.05) is 13.2 Å². The zero-order valence-electron chi connectivity index (χ0n) is 13.2. The molecule has 21 heavy (non-hydrogen) atoms. The molecular formula is C15H22NO4P.